The fourth-order valence-electron chi connectivity index (χ4n) is 3.51. The number of hydrogen-bond acceptors (Lipinski definition) is 7. The van der Waals surface area contributed by atoms with Crippen molar-refractivity contribution in [1.82, 2.24) is 29.5 Å². The van der Waals surface area contributed by atoms with E-state index in [9.17, 15) is 10.1 Å². The summed E-state index contributed by atoms with van der Waals surface area (Å²) in [4.78, 5) is 20.8. The van der Waals surface area contributed by atoms with Crippen molar-refractivity contribution >= 4 is 17.7 Å². The zero-order valence-electron chi connectivity index (χ0n) is 17.2. The molecule has 29 heavy (non-hydrogen) atoms. The highest BCUT2D eigenvalue weighted by Crippen LogP contribution is 2.24. The average molecular weight is 414 g/mol. The van der Waals surface area contributed by atoms with E-state index < -0.39 is 0 Å². The first kappa shape index (κ1) is 21.3. The number of hydrogen-bond donors (Lipinski definition) is 0. The summed E-state index contributed by atoms with van der Waals surface area (Å²) < 4.78 is 2.02. The van der Waals surface area contributed by atoms with Gasteiger partial charge in [-0.05, 0) is 25.0 Å². The van der Waals surface area contributed by atoms with Crippen molar-refractivity contribution in [2.24, 2.45) is 5.92 Å². The molecule has 0 aliphatic carbocycles. The Hall–Kier alpha value is -2.44. The number of piperazine rings is 1. The van der Waals surface area contributed by atoms with Gasteiger partial charge in [0.15, 0.2) is 11.0 Å². The van der Waals surface area contributed by atoms with Crippen LogP contribution < -0.4 is 0 Å². The standard InChI is InChI=1S/C20H27N7OS/c1-4-27-19(16-5-7-22-8-6-16)23-24-20(27)29-14-18(28)26-11-9-25(10-12-26)17(13-21)15(2)3/h5-8,15,17H,4,9-12,14H2,1-3H3/t17-/m1/s1. The largest absolute Gasteiger partial charge is 0.339 e. The Kier molecular flexibility index (Phi) is 7.23. The van der Waals surface area contributed by atoms with Gasteiger partial charge in [0.25, 0.3) is 0 Å². The lowest BCUT2D eigenvalue weighted by Crippen LogP contribution is -2.53. The van der Waals surface area contributed by atoms with Gasteiger partial charge in [-0.25, -0.2) is 0 Å². The van der Waals surface area contributed by atoms with Crippen LogP contribution in [-0.4, -0.2) is 73.4 Å². The van der Waals surface area contributed by atoms with Gasteiger partial charge in [-0.3, -0.25) is 14.7 Å². The maximum atomic E-state index is 12.7. The third-order valence-corrected chi connectivity index (χ3v) is 6.07. The molecular formula is C20H27N7OS. The Balaban J connectivity index is 1.57. The minimum Gasteiger partial charge on any atom is -0.339 e. The Bertz CT molecular complexity index is 853. The Labute approximate surface area is 175 Å². The molecule has 1 amide bonds. The van der Waals surface area contributed by atoms with Crippen LogP contribution in [0.1, 0.15) is 20.8 Å². The van der Waals surface area contributed by atoms with Gasteiger partial charge < -0.3 is 9.47 Å². The first-order chi connectivity index (χ1) is 14.0. The molecule has 0 aromatic carbocycles. The van der Waals surface area contributed by atoms with Crippen molar-refractivity contribution in [3.63, 3.8) is 0 Å². The van der Waals surface area contributed by atoms with Crippen LogP contribution in [0.25, 0.3) is 11.4 Å². The molecule has 1 aliphatic rings. The summed E-state index contributed by atoms with van der Waals surface area (Å²) in [7, 11) is 0. The van der Waals surface area contributed by atoms with E-state index in [4.69, 9.17) is 0 Å². The molecule has 3 rings (SSSR count). The lowest BCUT2D eigenvalue weighted by atomic mass is 10.0. The summed E-state index contributed by atoms with van der Waals surface area (Å²) in [5.41, 5.74) is 0.959. The Morgan fingerprint density at radius 3 is 2.48 bits per heavy atom. The van der Waals surface area contributed by atoms with E-state index in [0.717, 1.165) is 36.2 Å². The van der Waals surface area contributed by atoms with E-state index in [2.05, 4.69) is 40.0 Å². The lowest BCUT2D eigenvalue weighted by Gasteiger charge is -2.38. The third kappa shape index (κ3) is 4.95. The van der Waals surface area contributed by atoms with Crippen molar-refractivity contribution < 1.29 is 4.79 Å². The molecule has 8 nitrogen and oxygen atoms in total. The minimum absolute atomic E-state index is 0.0867. The van der Waals surface area contributed by atoms with Crippen molar-refractivity contribution in [3.8, 4) is 17.5 Å². The first-order valence-electron chi connectivity index (χ1n) is 9.93. The Morgan fingerprint density at radius 1 is 1.21 bits per heavy atom. The highest BCUT2D eigenvalue weighted by atomic mass is 32.2. The van der Waals surface area contributed by atoms with E-state index in [1.807, 2.05) is 28.5 Å². The second kappa shape index (κ2) is 9.85. The van der Waals surface area contributed by atoms with Crippen molar-refractivity contribution in [2.75, 3.05) is 31.9 Å². The van der Waals surface area contributed by atoms with Crippen LogP contribution >= 0.6 is 11.8 Å². The summed E-state index contributed by atoms with van der Waals surface area (Å²) in [5.74, 6) is 1.51. The summed E-state index contributed by atoms with van der Waals surface area (Å²) in [5, 5.41) is 18.7. The molecule has 0 radical (unpaired) electrons. The van der Waals surface area contributed by atoms with Crippen LogP contribution in [0.3, 0.4) is 0 Å². The smallest absolute Gasteiger partial charge is 0.233 e. The quantitative estimate of drug-likeness (QED) is 0.642. The van der Waals surface area contributed by atoms with Gasteiger partial charge in [0.2, 0.25) is 5.91 Å². The molecule has 0 N–H and O–H groups in total. The number of amides is 1. The van der Waals surface area contributed by atoms with Gasteiger partial charge in [0, 0.05) is 50.7 Å². The number of rotatable bonds is 7. The molecule has 9 heteroatoms. The molecule has 0 bridgehead atoms. The number of nitrogens with zero attached hydrogens (tertiary/aromatic N) is 7. The van der Waals surface area contributed by atoms with Crippen LogP contribution in [0.2, 0.25) is 0 Å². The SMILES string of the molecule is CCn1c(SCC(=O)N2CCN([C@H](C#N)C(C)C)CC2)nnc1-c1ccncc1. The molecular weight excluding hydrogens is 386 g/mol. The minimum atomic E-state index is -0.0867. The van der Waals surface area contributed by atoms with Gasteiger partial charge in [-0.1, -0.05) is 25.6 Å². The van der Waals surface area contributed by atoms with Gasteiger partial charge >= 0.3 is 0 Å². The van der Waals surface area contributed by atoms with Crippen molar-refractivity contribution in [3.05, 3.63) is 24.5 Å². The normalized spacial score (nSPS) is 16.0. The molecule has 2 aromatic heterocycles. The molecule has 0 saturated carbocycles. The predicted molar refractivity (Wildman–Crippen MR) is 112 cm³/mol. The maximum Gasteiger partial charge on any atom is 0.233 e. The Morgan fingerprint density at radius 2 is 1.90 bits per heavy atom. The number of nitriles is 1. The molecule has 1 aliphatic heterocycles. The number of pyridine rings is 1. The monoisotopic (exact) mass is 413 g/mol. The lowest BCUT2D eigenvalue weighted by molar-refractivity contribution is -0.130. The van der Waals surface area contributed by atoms with Crippen molar-refractivity contribution in [1.29, 1.82) is 5.26 Å². The number of thioether (sulfide) groups is 1. The number of aromatic nitrogens is 4. The molecule has 1 atom stereocenters. The molecule has 154 valence electrons. The van der Waals surface area contributed by atoms with E-state index in [-0.39, 0.29) is 17.9 Å². The average Bonchev–Trinajstić information content (AvgIpc) is 3.16. The van der Waals surface area contributed by atoms with Crippen LogP contribution in [-0.2, 0) is 11.3 Å². The van der Waals surface area contributed by atoms with E-state index in [0.29, 0.717) is 18.8 Å². The summed E-state index contributed by atoms with van der Waals surface area (Å²) in [6.07, 6.45) is 3.46. The van der Waals surface area contributed by atoms with E-state index in [1.54, 1.807) is 12.4 Å². The topological polar surface area (TPSA) is 90.9 Å². The maximum absolute atomic E-state index is 12.7. The molecule has 3 heterocycles. The highest BCUT2D eigenvalue weighted by Gasteiger charge is 2.28. The van der Waals surface area contributed by atoms with Gasteiger partial charge in [0.1, 0.15) is 6.04 Å². The summed E-state index contributed by atoms with van der Waals surface area (Å²) in [6, 6.07) is 6.11. The first-order valence-corrected chi connectivity index (χ1v) is 10.9. The van der Waals surface area contributed by atoms with Crippen LogP contribution in [0.4, 0.5) is 0 Å². The molecule has 2 aromatic rings. The highest BCUT2D eigenvalue weighted by molar-refractivity contribution is 7.99. The van der Waals surface area contributed by atoms with E-state index >= 15 is 0 Å². The van der Waals surface area contributed by atoms with Crippen LogP contribution in [0, 0.1) is 17.2 Å². The summed E-state index contributed by atoms with van der Waals surface area (Å²) >= 11 is 1.42. The van der Waals surface area contributed by atoms with Gasteiger partial charge in [0.05, 0.1) is 11.8 Å². The van der Waals surface area contributed by atoms with Gasteiger partial charge in [-0.2, -0.15) is 5.26 Å². The zero-order valence-corrected chi connectivity index (χ0v) is 18.0. The predicted octanol–water partition coefficient (Wildman–Crippen LogP) is 2.14. The summed E-state index contributed by atoms with van der Waals surface area (Å²) in [6.45, 7) is 9.69. The fraction of sp³-hybridized carbons (Fsp3) is 0.550. The van der Waals surface area contributed by atoms with Crippen LogP contribution in [0.5, 0.6) is 0 Å². The second-order valence-electron chi connectivity index (χ2n) is 7.31. The molecule has 1 fully saturated rings. The molecule has 0 spiro atoms. The van der Waals surface area contributed by atoms with E-state index in [1.165, 1.54) is 11.8 Å². The van der Waals surface area contributed by atoms with Crippen molar-refractivity contribution in [2.45, 2.75) is 38.5 Å². The molecule has 1 saturated heterocycles. The zero-order chi connectivity index (χ0) is 20.8. The number of carbonyl (C=O) groups is 1. The van der Waals surface area contributed by atoms with Crippen LogP contribution in [0.15, 0.2) is 29.7 Å². The van der Waals surface area contributed by atoms with Gasteiger partial charge in [-0.15, -0.1) is 10.2 Å². The fourth-order valence-corrected chi connectivity index (χ4v) is 4.42. The second-order valence-corrected chi connectivity index (χ2v) is 8.25. The molecule has 0 unspecified atom stereocenters. The third-order valence-electron chi connectivity index (χ3n) is 5.12. The number of carbonyl (C=O) groups excluding carboxylic acids is 1.